The first kappa shape index (κ1) is 17.9. The summed E-state index contributed by atoms with van der Waals surface area (Å²) < 4.78 is 11.3. The van der Waals surface area contributed by atoms with Crippen molar-refractivity contribution in [3.05, 3.63) is 29.8 Å². The van der Waals surface area contributed by atoms with E-state index in [1.807, 2.05) is 18.7 Å². The molecule has 0 bridgehead atoms. The minimum Gasteiger partial charge on any atom is -0.348 e. The summed E-state index contributed by atoms with van der Waals surface area (Å²) in [5.74, 6) is -0.127. The van der Waals surface area contributed by atoms with Gasteiger partial charge < -0.3 is 19.7 Å². The van der Waals surface area contributed by atoms with Crippen LogP contribution in [0.1, 0.15) is 43.5 Å². The molecule has 1 unspecified atom stereocenters. The first-order valence-corrected chi connectivity index (χ1v) is 9.01. The molecule has 1 atom stereocenters. The van der Waals surface area contributed by atoms with Crippen LogP contribution < -0.4 is 5.32 Å². The van der Waals surface area contributed by atoms with Crippen LogP contribution in [0.2, 0.25) is 0 Å². The standard InChI is InChI=1S/C19H26N2O4/c1-13(2)17(22)20-15-8-6-14(7-9-15)18(23)21-10-4-3-5-16(21)19-24-11-12-25-19/h6-9,13,16,19H,3-5,10-12H2,1-2H3,(H,20,22). The van der Waals surface area contributed by atoms with Crippen LogP contribution in [0.4, 0.5) is 5.69 Å². The van der Waals surface area contributed by atoms with Gasteiger partial charge in [-0.25, -0.2) is 0 Å². The maximum absolute atomic E-state index is 12.9. The fourth-order valence-corrected chi connectivity index (χ4v) is 3.24. The van der Waals surface area contributed by atoms with E-state index < -0.39 is 0 Å². The fourth-order valence-electron chi connectivity index (χ4n) is 3.24. The highest BCUT2D eigenvalue weighted by molar-refractivity contribution is 5.96. The molecule has 6 nitrogen and oxygen atoms in total. The van der Waals surface area contributed by atoms with Crippen LogP contribution >= 0.6 is 0 Å². The second-order valence-electron chi connectivity index (χ2n) is 6.89. The first-order valence-electron chi connectivity index (χ1n) is 9.01. The lowest BCUT2D eigenvalue weighted by Gasteiger charge is -2.38. The van der Waals surface area contributed by atoms with E-state index in [1.54, 1.807) is 24.3 Å². The Labute approximate surface area is 148 Å². The normalized spacial score (nSPS) is 21.6. The molecule has 1 N–H and O–H groups in total. The number of rotatable bonds is 4. The van der Waals surface area contributed by atoms with Crippen molar-refractivity contribution in [1.82, 2.24) is 4.90 Å². The summed E-state index contributed by atoms with van der Waals surface area (Å²) in [5, 5.41) is 2.84. The minimum atomic E-state index is -0.311. The van der Waals surface area contributed by atoms with Crippen LogP contribution in [0.25, 0.3) is 0 Å². The predicted octanol–water partition coefficient (Wildman–Crippen LogP) is 2.65. The molecule has 3 rings (SSSR count). The molecule has 0 spiro atoms. The molecule has 2 aliphatic heterocycles. The van der Waals surface area contributed by atoms with E-state index in [0.717, 1.165) is 25.8 Å². The molecule has 25 heavy (non-hydrogen) atoms. The minimum absolute atomic E-state index is 0.00876. The van der Waals surface area contributed by atoms with Gasteiger partial charge in [-0.3, -0.25) is 9.59 Å². The topological polar surface area (TPSA) is 67.9 Å². The maximum atomic E-state index is 12.9. The van der Waals surface area contributed by atoms with Gasteiger partial charge in [-0.05, 0) is 43.5 Å². The molecule has 2 amide bonds. The highest BCUT2D eigenvalue weighted by Crippen LogP contribution is 2.26. The zero-order chi connectivity index (χ0) is 17.8. The summed E-state index contributed by atoms with van der Waals surface area (Å²) in [6, 6.07) is 7.05. The van der Waals surface area contributed by atoms with E-state index in [2.05, 4.69) is 5.32 Å². The van der Waals surface area contributed by atoms with Crippen LogP contribution in [0.15, 0.2) is 24.3 Å². The number of carbonyl (C=O) groups excluding carboxylic acids is 2. The van der Waals surface area contributed by atoms with Crippen LogP contribution in [-0.4, -0.2) is 48.8 Å². The Morgan fingerprint density at radius 1 is 1.12 bits per heavy atom. The molecule has 2 heterocycles. The summed E-state index contributed by atoms with van der Waals surface area (Å²) in [6.07, 6.45) is 2.67. The van der Waals surface area contributed by atoms with E-state index in [1.165, 1.54) is 0 Å². The molecule has 0 saturated carbocycles. The molecule has 2 aliphatic rings. The number of ether oxygens (including phenoxy) is 2. The smallest absolute Gasteiger partial charge is 0.254 e. The van der Waals surface area contributed by atoms with E-state index in [-0.39, 0.29) is 30.1 Å². The second kappa shape index (κ2) is 7.97. The molecule has 0 aliphatic carbocycles. The summed E-state index contributed by atoms with van der Waals surface area (Å²) in [6.45, 7) is 5.59. The average molecular weight is 346 g/mol. The Balaban J connectivity index is 1.69. The van der Waals surface area contributed by atoms with Crippen molar-refractivity contribution in [2.45, 2.75) is 45.4 Å². The van der Waals surface area contributed by atoms with Crippen LogP contribution in [0, 0.1) is 5.92 Å². The van der Waals surface area contributed by atoms with Gasteiger partial charge in [0.15, 0.2) is 6.29 Å². The number of amides is 2. The van der Waals surface area contributed by atoms with Crippen LogP contribution in [-0.2, 0) is 14.3 Å². The van der Waals surface area contributed by atoms with Gasteiger partial charge in [0.05, 0.1) is 19.3 Å². The number of carbonyl (C=O) groups is 2. The lowest BCUT2D eigenvalue weighted by molar-refractivity contribution is -0.118. The third kappa shape index (κ3) is 4.19. The lowest BCUT2D eigenvalue weighted by atomic mass is 10.00. The molecule has 136 valence electrons. The average Bonchev–Trinajstić information content (AvgIpc) is 3.16. The highest BCUT2D eigenvalue weighted by Gasteiger charge is 2.36. The van der Waals surface area contributed by atoms with Crippen LogP contribution in [0.3, 0.4) is 0 Å². The summed E-state index contributed by atoms with van der Waals surface area (Å²) in [7, 11) is 0. The third-order valence-corrected chi connectivity index (χ3v) is 4.70. The SMILES string of the molecule is CC(C)C(=O)Nc1ccc(C(=O)N2CCCCC2C2OCCO2)cc1. The van der Waals surface area contributed by atoms with E-state index >= 15 is 0 Å². The zero-order valence-corrected chi connectivity index (χ0v) is 14.9. The molecular formula is C19H26N2O4. The van der Waals surface area contributed by atoms with Crippen molar-refractivity contribution >= 4 is 17.5 Å². The van der Waals surface area contributed by atoms with E-state index in [0.29, 0.717) is 24.5 Å². The highest BCUT2D eigenvalue weighted by atomic mass is 16.7. The van der Waals surface area contributed by atoms with Gasteiger partial charge >= 0.3 is 0 Å². The molecule has 2 saturated heterocycles. The van der Waals surface area contributed by atoms with Crippen molar-refractivity contribution in [1.29, 1.82) is 0 Å². The van der Waals surface area contributed by atoms with Crippen molar-refractivity contribution in [2.24, 2.45) is 5.92 Å². The second-order valence-corrected chi connectivity index (χ2v) is 6.89. The maximum Gasteiger partial charge on any atom is 0.254 e. The molecular weight excluding hydrogens is 320 g/mol. The lowest BCUT2D eigenvalue weighted by Crippen LogP contribution is -2.50. The number of anilines is 1. The Morgan fingerprint density at radius 3 is 2.44 bits per heavy atom. The molecule has 1 aromatic rings. The van der Waals surface area contributed by atoms with Gasteiger partial charge in [0, 0.05) is 23.7 Å². The van der Waals surface area contributed by atoms with Gasteiger partial charge in [-0.1, -0.05) is 13.8 Å². The number of nitrogens with one attached hydrogen (secondary N) is 1. The Bertz CT molecular complexity index is 608. The molecule has 0 radical (unpaired) electrons. The van der Waals surface area contributed by atoms with E-state index in [4.69, 9.17) is 9.47 Å². The number of hydrogen-bond donors (Lipinski definition) is 1. The predicted molar refractivity (Wildman–Crippen MR) is 94.3 cm³/mol. The van der Waals surface area contributed by atoms with Gasteiger partial charge in [-0.15, -0.1) is 0 Å². The largest absolute Gasteiger partial charge is 0.348 e. The van der Waals surface area contributed by atoms with Crippen molar-refractivity contribution < 1.29 is 19.1 Å². The Hall–Kier alpha value is -1.92. The molecule has 0 aromatic heterocycles. The fraction of sp³-hybridized carbons (Fsp3) is 0.579. The zero-order valence-electron chi connectivity index (χ0n) is 14.9. The monoisotopic (exact) mass is 346 g/mol. The Morgan fingerprint density at radius 2 is 1.80 bits per heavy atom. The number of benzene rings is 1. The number of nitrogens with zero attached hydrogens (tertiary/aromatic N) is 1. The molecule has 6 heteroatoms. The van der Waals surface area contributed by atoms with Crippen molar-refractivity contribution in [3.63, 3.8) is 0 Å². The van der Waals surface area contributed by atoms with E-state index in [9.17, 15) is 9.59 Å². The quantitative estimate of drug-likeness (QED) is 0.910. The number of hydrogen-bond acceptors (Lipinski definition) is 4. The molecule has 1 aromatic carbocycles. The van der Waals surface area contributed by atoms with Gasteiger partial charge in [0.2, 0.25) is 5.91 Å². The molecule has 2 fully saturated rings. The van der Waals surface area contributed by atoms with Crippen molar-refractivity contribution in [3.8, 4) is 0 Å². The number of piperidine rings is 1. The Kier molecular flexibility index (Phi) is 5.71. The number of likely N-dealkylation sites (tertiary alicyclic amines) is 1. The first-order chi connectivity index (χ1) is 12.1. The van der Waals surface area contributed by atoms with Crippen molar-refractivity contribution in [2.75, 3.05) is 25.1 Å². The van der Waals surface area contributed by atoms with Gasteiger partial charge in [-0.2, -0.15) is 0 Å². The van der Waals surface area contributed by atoms with Gasteiger partial charge in [0.1, 0.15) is 0 Å². The third-order valence-electron chi connectivity index (χ3n) is 4.70. The van der Waals surface area contributed by atoms with Gasteiger partial charge in [0.25, 0.3) is 5.91 Å². The summed E-state index contributed by atoms with van der Waals surface area (Å²) in [5.41, 5.74) is 1.32. The summed E-state index contributed by atoms with van der Waals surface area (Å²) >= 11 is 0. The summed E-state index contributed by atoms with van der Waals surface area (Å²) in [4.78, 5) is 26.6. The van der Waals surface area contributed by atoms with Crippen LogP contribution in [0.5, 0.6) is 0 Å².